The summed E-state index contributed by atoms with van der Waals surface area (Å²) in [6.45, 7) is 4.49. The van der Waals surface area contributed by atoms with E-state index in [1.807, 2.05) is 30.0 Å². The molecule has 0 radical (unpaired) electrons. The van der Waals surface area contributed by atoms with Crippen molar-refractivity contribution < 1.29 is 19.4 Å². The number of ether oxygens (including phenoxy) is 2. The molecule has 0 amide bonds. The van der Waals surface area contributed by atoms with E-state index in [0.717, 1.165) is 16.9 Å². The molecule has 1 aliphatic rings. The summed E-state index contributed by atoms with van der Waals surface area (Å²) in [6, 6.07) is 5.32. The van der Waals surface area contributed by atoms with Crippen LogP contribution in [-0.2, 0) is 16.0 Å². The fraction of sp³-hybridized carbons (Fsp3) is 0.533. The number of hydrogen-bond acceptors (Lipinski definition) is 4. The average molecular weight is 279 g/mol. The lowest BCUT2D eigenvalue weighted by atomic mass is 10.0. The lowest BCUT2D eigenvalue weighted by Gasteiger charge is -2.32. The maximum Gasteiger partial charge on any atom is 0.321 e. The third kappa shape index (κ3) is 3.49. The zero-order valence-corrected chi connectivity index (χ0v) is 12.0. The van der Waals surface area contributed by atoms with Crippen LogP contribution in [0, 0.1) is 6.92 Å². The molecule has 1 aromatic carbocycles. The first-order valence-electron chi connectivity index (χ1n) is 6.80. The summed E-state index contributed by atoms with van der Waals surface area (Å²) >= 11 is 0. The van der Waals surface area contributed by atoms with Gasteiger partial charge in [-0.25, -0.2) is 0 Å². The predicted octanol–water partition coefficient (Wildman–Crippen LogP) is 1.33. The lowest BCUT2D eigenvalue weighted by Crippen LogP contribution is -2.48. The Bertz CT molecular complexity index is 469. The summed E-state index contributed by atoms with van der Waals surface area (Å²) < 4.78 is 10.6. The Hall–Kier alpha value is -1.59. The first-order valence-corrected chi connectivity index (χ1v) is 6.80. The van der Waals surface area contributed by atoms with Crippen LogP contribution in [0.1, 0.15) is 11.1 Å². The van der Waals surface area contributed by atoms with Crippen LogP contribution in [0.25, 0.3) is 0 Å². The number of aryl methyl sites for hydroxylation is 1. The molecule has 1 heterocycles. The lowest BCUT2D eigenvalue weighted by molar-refractivity contribution is -0.145. The van der Waals surface area contributed by atoms with E-state index in [-0.39, 0.29) is 0 Å². The number of morpholine rings is 1. The molecule has 2 rings (SSSR count). The number of benzene rings is 1. The third-order valence-electron chi connectivity index (χ3n) is 3.62. The van der Waals surface area contributed by atoms with Crippen LogP contribution in [0.3, 0.4) is 0 Å². The Morgan fingerprint density at radius 2 is 2.15 bits per heavy atom. The highest BCUT2D eigenvalue weighted by Gasteiger charge is 2.28. The number of aliphatic carboxylic acids is 1. The summed E-state index contributed by atoms with van der Waals surface area (Å²) in [5, 5.41) is 9.50. The van der Waals surface area contributed by atoms with E-state index < -0.39 is 12.0 Å². The maximum absolute atomic E-state index is 11.6. The molecule has 5 nitrogen and oxygen atoms in total. The van der Waals surface area contributed by atoms with Gasteiger partial charge in [-0.1, -0.05) is 17.7 Å². The Labute approximate surface area is 119 Å². The Morgan fingerprint density at radius 3 is 2.75 bits per heavy atom. The van der Waals surface area contributed by atoms with Gasteiger partial charge in [-0.3, -0.25) is 9.69 Å². The summed E-state index contributed by atoms with van der Waals surface area (Å²) in [4.78, 5) is 13.5. The summed E-state index contributed by atoms with van der Waals surface area (Å²) in [5.41, 5.74) is 2.04. The molecule has 1 N–H and O–H groups in total. The molecule has 0 aromatic heterocycles. The highest BCUT2D eigenvalue weighted by Crippen LogP contribution is 2.23. The van der Waals surface area contributed by atoms with Crippen molar-refractivity contribution in [2.45, 2.75) is 19.4 Å². The molecule has 0 bridgehead atoms. The molecule has 0 aliphatic carbocycles. The van der Waals surface area contributed by atoms with Crippen LogP contribution in [0.5, 0.6) is 5.75 Å². The van der Waals surface area contributed by atoms with Crippen LogP contribution in [0.15, 0.2) is 18.2 Å². The molecular weight excluding hydrogens is 258 g/mol. The number of hydrogen-bond donors (Lipinski definition) is 1. The minimum atomic E-state index is -0.796. The van der Waals surface area contributed by atoms with Gasteiger partial charge in [0, 0.05) is 19.5 Å². The van der Waals surface area contributed by atoms with E-state index in [9.17, 15) is 9.90 Å². The number of carboxylic acids is 1. The molecule has 1 atom stereocenters. The topological polar surface area (TPSA) is 59.0 Å². The van der Waals surface area contributed by atoms with E-state index >= 15 is 0 Å². The Morgan fingerprint density at radius 1 is 1.45 bits per heavy atom. The zero-order valence-electron chi connectivity index (χ0n) is 12.0. The largest absolute Gasteiger partial charge is 0.496 e. The number of rotatable bonds is 5. The van der Waals surface area contributed by atoms with Crippen LogP contribution in [0.2, 0.25) is 0 Å². The minimum absolute atomic E-state index is 0.445. The number of methoxy groups -OCH3 is 1. The van der Waals surface area contributed by atoms with Crippen molar-refractivity contribution >= 4 is 5.97 Å². The van der Waals surface area contributed by atoms with E-state index in [2.05, 4.69) is 0 Å². The molecule has 1 aromatic rings. The van der Waals surface area contributed by atoms with E-state index in [1.54, 1.807) is 7.11 Å². The van der Waals surface area contributed by atoms with Crippen molar-refractivity contribution in [2.24, 2.45) is 0 Å². The number of carboxylic acid groups (broad SMARTS) is 1. The van der Waals surface area contributed by atoms with Gasteiger partial charge in [0.1, 0.15) is 11.8 Å². The van der Waals surface area contributed by atoms with Gasteiger partial charge in [0.15, 0.2) is 0 Å². The molecule has 1 fully saturated rings. The molecule has 20 heavy (non-hydrogen) atoms. The van der Waals surface area contributed by atoms with Gasteiger partial charge in [0.05, 0.1) is 20.3 Å². The van der Waals surface area contributed by atoms with E-state index in [0.29, 0.717) is 32.7 Å². The molecule has 110 valence electrons. The van der Waals surface area contributed by atoms with Crippen LogP contribution >= 0.6 is 0 Å². The highest BCUT2D eigenvalue weighted by atomic mass is 16.5. The van der Waals surface area contributed by atoms with Crippen molar-refractivity contribution in [3.8, 4) is 5.75 Å². The van der Waals surface area contributed by atoms with Gasteiger partial charge in [-0.2, -0.15) is 0 Å². The van der Waals surface area contributed by atoms with Gasteiger partial charge in [0.25, 0.3) is 0 Å². The van der Waals surface area contributed by atoms with Crippen LogP contribution in [0.4, 0.5) is 0 Å². The molecule has 0 unspecified atom stereocenters. The third-order valence-corrected chi connectivity index (χ3v) is 3.62. The van der Waals surface area contributed by atoms with Gasteiger partial charge >= 0.3 is 5.97 Å². The summed E-state index contributed by atoms with van der Waals surface area (Å²) in [6.07, 6.45) is 0.445. The highest BCUT2D eigenvalue weighted by molar-refractivity contribution is 5.74. The monoisotopic (exact) mass is 279 g/mol. The van der Waals surface area contributed by atoms with Gasteiger partial charge in [0.2, 0.25) is 0 Å². The van der Waals surface area contributed by atoms with E-state index in [4.69, 9.17) is 9.47 Å². The molecule has 1 aliphatic heterocycles. The quantitative estimate of drug-likeness (QED) is 0.881. The zero-order chi connectivity index (χ0) is 14.5. The smallest absolute Gasteiger partial charge is 0.321 e. The van der Waals surface area contributed by atoms with Crippen LogP contribution < -0.4 is 4.74 Å². The molecular formula is C15H21NO4. The van der Waals surface area contributed by atoms with Gasteiger partial charge in [-0.05, 0) is 18.6 Å². The predicted molar refractivity (Wildman–Crippen MR) is 75.3 cm³/mol. The van der Waals surface area contributed by atoms with Gasteiger partial charge in [-0.15, -0.1) is 0 Å². The van der Waals surface area contributed by atoms with Crippen molar-refractivity contribution in [1.82, 2.24) is 4.90 Å². The SMILES string of the molecule is COc1ccc(C)cc1C[C@H](C(=O)O)N1CCOCC1. The minimum Gasteiger partial charge on any atom is -0.496 e. The van der Waals surface area contributed by atoms with Crippen LogP contribution in [-0.4, -0.2) is 55.4 Å². The second kappa shape index (κ2) is 6.72. The fourth-order valence-electron chi connectivity index (χ4n) is 2.54. The number of carbonyl (C=O) groups is 1. The Kier molecular flexibility index (Phi) is 4.98. The standard InChI is InChI=1S/C15H21NO4/c1-11-3-4-14(19-2)12(9-11)10-13(15(17)18)16-5-7-20-8-6-16/h3-4,9,13H,5-8,10H2,1-2H3,(H,17,18)/t13-/m1/s1. The van der Waals surface area contributed by atoms with Gasteiger partial charge < -0.3 is 14.6 Å². The molecule has 0 spiro atoms. The first kappa shape index (κ1) is 14.8. The second-order valence-corrected chi connectivity index (χ2v) is 5.02. The van der Waals surface area contributed by atoms with Crippen molar-refractivity contribution in [1.29, 1.82) is 0 Å². The molecule has 1 saturated heterocycles. The van der Waals surface area contributed by atoms with Crippen molar-refractivity contribution in [2.75, 3.05) is 33.4 Å². The Balaban J connectivity index is 2.19. The van der Waals surface area contributed by atoms with E-state index in [1.165, 1.54) is 0 Å². The summed E-state index contributed by atoms with van der Waals surface area (Å²) in [5.74, 6) is -0.0504. The normalized spacial score (nSPS) is 17.7. The molecule has 0 saturated carbocycles. The first-order chi connectivity index (χ1) is 9.61. The fourth-order valence-corrected chi connectivity index (χ4v) is 2.54. The molecule has 5 heteroatoms. The van der Waals surface area contributed by atoms with Crippen molar-refractivity contribution in [3.63, 3.8) is 0 Å². The average Bonchev–Trinajstić information content (AvgIpc) is 2.45. The second-order valence-electron chi connectivity index (χ2n) is 5.02. The number of nitrogens with zero attached hydrogens (tertiary/aromatic N) is 1. The maximum atomic E-state index is 11.6. The van der Waals surface area contributed by atoms with Crippen molar-refractivity contribution in [3.05, 3.63) is 29.3 Å². The summed E-state index contributed by atoms with van der Waals surface area (Å²) in [7, 11) is 1.61.